The zero-order valence-electron chi connectivity index (χ0n) is 39.4. The quantitative estimate of drug-likeness (QED) is 0.0473. The largest absolute Gasteiger partial charge is 0.293 e. The number of aromatic nitrogens is 1. The van der Waals surface area contributed by atoms with Crippen LogP contribution in [0.15, 0.2) is 115 Å². The van der Waals surface area contributed by atoms with Gasteiger partial charge in [-0.3, -0.25) is 15.0 Å². The summed E-state index contributed by atoms with van der Waals surface area (Å²) >= 11 is 0. The van der Waals surface area contributed by atoms with Crippen LogP contribution in [0.5, 0.6) is 0 Å². The summed E-state index contributed by atoms with van der Waals surface area (Å²) in [6, 6.07) is 6.40. The van der Waals surface area contributed by atoms with E-state index < -0.39 is 0 Å². The summed E-state index contributed by atoms with van der Waals surface area (Å²) in [5.74, 6) is 27.5. The molecule has 4 nitrogen and oxygen atoms in total. The number of allylic oxidation sites excluding steroid dienone is 12. The molecule has 0 atom stereocenters. The van der Waals surface area contributed by atoms with Crippen molar-refractivity contribution in [2.45, 2.75) is 134 Å². The Morgan fingerprint density at radius 3 is 1.08 bits per heavy atom. The predicted octanol–water partition coefficient (Wildman–Crippen LogP) is 12.8. The lowest BCUT2D eigenvalue weighted by Gasteiger charge is -2.04. The number of hydrogen-bond acceptors (Lipinski definition) is 3. The van der Waals surface area contributed by atoms with Crippen LogP contribution in [-0.4, -0.2) is 38.3 Å². The maximum Gasteiger partial charge on any atom is 0.171 e. The molecule has 4 heteroatoms. The van der Waals surface area contributed by atoms with Crippen molar-refractivity contribution in [3.05, 3.63) is 134 Å². The summed E-state index contributed by atoms with van der Waals surface area (Å²) in [7, 11) is 0. The summed E-state index contributed by atoms with van der Waals surface area (Å²) in [6.45, 7) is 26.1. The van der Waals surface area contributed by atoms with E-state index in [1.54, 1.807) is 0 Å². The van der Waals surface area contributed by atoms with Crippen molar-refractivity contribution in [1.82, 2.24) is 0 Å². The average molecular weight is 812 g/mol. The number of benzene rings is 1. The van der Waals surface area contributed by atoms with E-state index in [1.807, 2.05) is 39.4 Å². The Kier molecular flexibility index (Phi) is 26.0. The van der Waals surface area contributed by atoms with Gasteiger partial charge in [-0.25, -0.2) is 4.57 Å². The third-order valence-corrected chi connectivity index (χ3v) is 9.35. The van der Waals surface area contributed by atoms with Crippen LogP contribution in [0, 0.1) is 61.2 Å². The molecule has 1 aromatic carbocycles. The molecule has 0 N–H and O–H groups in total. The minimum atomic E-state index is 0.733. The van der Waals surface area contributed by atoms with Crippen molar-refractivity contribution in [2.75, 3.05) is 19.6 Å². The second-order valence-corrected chi connectivity index (χ2v) is 15.6. The van der Waals surface area contributed by atoms with Crippen molar-refractivity contribution < 1.29 is 4.57 Å². The van der Waals surface area contributed by atoms with Gasteiger partial charge in [-0.2, -0.15) is 0 Å². The summed E-state index contributed by atoms with van der Waals surface area (Å²) < 4.78 is 2.26. The highest BCUT2D eigenvalue weighted by atomic mass is 14.9. The van der Waals surface area contributed by atoms with Crippen molar-refractivity contribution in [3.63, 3.8) is 0 Å². The number of aryl methyl sites for hydroxylation is 3. The molecule has 0 radical (unpaired) electrons. The first-order valence-electron chi connectivity index (χ1n) is 22.0. The third kappa shape index (κ3) is 24.0. The van der Waals surface area contributed by atoms with E-state index in [-0.39, 0.29) is 0 Å². The number of aliphatic imine (C=N–C) groups is 3. The lowest BCUT2D eigenvalue weighted by molar-refractivity contribution is -0.697. The molecular formula is C57H71N4+. The number of hydrogen-bond donors (Lipinski definition) is 0. The maximum absolute atomic E-state index is 4.62. The summed E-state index contributed by atoms with van der Waals surface area (Å²) in [6.07, 6.45) is 29.6. The number of unbranched alkanes of at least 4 members (excludes halogenated alkanes) is 4. The van der Waals surface area contributed by atoms with Gasteiger partial charge in [-0.05, 0) is 130 Å². The number of rotatable bonds is 18. The summed E-state index contributed by atoms with van der Waals surface area (Å²) in [4.78, 5) is 13.9. The molecule has 318 valence electrons. The van der Waals surface area contributed by atoms with E-state index >= 15 is 0 Å². The van der Waals surface area contributed by atoms with E-state index in [4.69, 9.17) is 0 Å². The highest BCUT2D eigenvalue weighted by Crippen LogP contribution is 2.16. The molecule has 61 heavy (non-hydrogen) atoms. The first kappa shape index (κ1) is 51.2. The van der Waals surface area contributed by atoms with Crippen LogP contribution < -0.4 is 4.57 Å². The third-order valence-electron chi connectivity index (χ3n) is 9.35. The second-order valence-electron chi connectivity index (χ2n) is 15.6. The zero-order valence-corrected chi connectivity index (χ0v) is 39.4. The van der Waals surface area contributed by atoms with Gasteiger partial charge in [0.1, 0.15) is 6.54 Å². The van der Waals surface area contributed by atoms with E-state index in [9.17, 15) is 0 Å². The van der Waals surface area contributed by atoms with Crippen LogP contribution in [0.3, 0.4) is 0 Å². The predicted molar refractivity (Wildman–Crippen MR) is 267 cm³/mol. The van der Waals surface area contributed by atoms with Crippen LogP contribution in [0.1, 0.15) is 147 Å². The Morgan fingerprint density at radius 1 is 0.459 bits per heavy atom. The van der Waals surface area contributed by atoms with Crippen LogP contribution in [-0.2, 0) is 6.54 Å². The lowest BCUT2D eigenvalue weighted by atomic mass is 9.98. The Hall–Kier alpha value is -5.94. The molecule has 0 aliphatic carbocycles. The molecule has 0 bridgehead atoms. The van der Waals surface area contributed by atoms with Gasteiger partial charge in [0.2, 0.25) is 0 Å². The standard InChI is InChI=1S/C57H71N4/c1-12-46(4)35-49(7)41-58-31-23-15-19-27-54-39-56(29-21-17-25-33-60-43-51(9)37-48(6)14-3)57(30-22-18-26-34-61-44-52(10)38-53(11)45-61)40-55(54)28-20-16-24-32-59-42-50(8)36-47(5)13-2/h12-14,35-45H,15-18,23-26,31-34H2,1-11H3/q+1/b46-12-,47-13-,48-14-,49-35-,50-36-,51-37-,58-41+,59-42+,60-43+. The molecular weight excluding hydrogens is 741 g/mol. The zero-order chi connectivity index (χ0) is 44.7. The van der Waals surface area contributed by atoms with Crippen molar-refractivity contribution in [3.8, 4) is 47.4 Å². The minimum Gasteiger partial charge on any atom is -0.293 e. The molecule has 0 saturated carbocycles. The average Bonchev–Trinajstić information content (AvgIpc) is 3.22. The van der Waals surface area contributed by atoms with Gasteiger partial charge in [-0.15, -0.1) is 0 Å². The van der Waals surface area contributed by atoms with Crippen molar-refractivity contribution in [1.29, 1.82) is 0 Å². The summed E-state index contributed by atoms with van der Waals surface area (Å²) in [5, 5.41) is 0. The highest BCUT2D eigenvalue weighted by Gasteiger charge is 2.06. The first-order valence-corrected chi connectivity index (χ1v) is 22.0. The first-order chi connectivity index (χ1) is 29.4. The molecule has 0 fully saturated rings. The fourth-order valence-corrected chi connectivity index (χ4v) is 5.96. The fourth-order valence-electron chi connectivity index (χ4n) is 5.96. The van der Waals surface area contributed by atoms with E-state index in [1.165, 1.54) is 27.8 Å². The minimum absolute atomic E-state index is 0.733. The number of nitrogens with zero attached hydrogens (tertiary/aromatic N) is 4. The fraction of sp³-hybridized carbons (Fsp3) is 0.404. The molecule has 0 saturated heterocycles. The molecule has 1 aromatic heterocycles. The monoisotopic (exact) mass is 812 g/mol. The van der Waals surface area contributed by atoms with E-state index in [0.717, 1.165) is 117 Å². The molecule has 0 spiro atoms. The Balaban J connectivity index is 2.40. The molecule has 0 unspecified atom stereocenters. The van der Waals surface area contributed by atoms with Gasteiger partial charge in [0, 0.05) is 104 Å². The smallest absolute Gasteiger partial charge is 0.171 e. The Labute approximate surface area is 371 Å². The molecule has 2 aromatic rings. The molecule has 0 amide bonds. The Morgan fingerprint density at radius 2 is 0.770 bits per heavy atom. The normalized spacial score (nSPS) is 12.8. The van der Waals surface area contributed by atoms with Crippen LogP contribution >= 0.6 is 0 Å². The summed E-state index contributed by atoms with van der Waals surface area (Å²) in [5.41, 5.74) is 13.3. The van der Waals surface area contributed by atoms with Crippen LogP contribution in [0.2, 0.25) is 0 Å². The van der Waals surface area contributed by atoms with Gasteiger partial charge >= 0.3 is 0 Å². The molecule has 0 aliphatic rings. The topological polar surface area (TPSA) is 41.0 Å². The van der Waals surface area contributed by atoms with E-state index in [0.29, 0.717) is 0 Å². The van der Waals surface area contributed by atoms with Gasteiger partial charge in [0.15, 0.2) is 12.4 Å². The van der Waals surface area contributed by atoms with E-state index in [2.05, 4.69) is 189 Å². The maximum atomic E-state index is 4.62. The van der Waals surface area contributed by atoms with Gasteiger partial charge < -0.3 is 0 Å². The van der Waals surface area contributed by atoms with Gasteiger partial charge in [-0.1, -0.05) is 101 Å². The van der Waals surface area contributed by atoms with Crippen molar-refractivity contribution >= 4 is 18.6 Å². The molecule has 1 heterocycles. The highest BCUT2D eigenvalue weighted by molar-refractivity contribution is 5.79. The lowest BCUT2D eigenvalue weighted by Crippen LogP contribution is -2.33. The molecule has 2 rings (SSSR count). The van der Waals surface area contributed by atoms with Crippen molar-refractivity contribution in [2.24, 2.45) is 15.0 Å². The van der Waals surface area contributed by atoms with Gasteiger partial charge in [0.25, 0.3) is 0 Å². The second kappa shape index (κ2) is 31.0. The van der Waals surface area contributed by atoms with Crippen LogP contribution in [0.25, 0.3) is 0 Å². The van der Waals surface area contributed by atoms with Crippen LogP contribution in [0.4, 0.5) is 0 Å². The SMILES string of the molecule is C\C=C(C)/C=C(C)\C=N\CCCC#Cc1cc(C#CCCC/N=C/C(C)=C\C(C)=C/C)c(C#CCCC[n+]2cc(C)cc(C)c2)cc1C#CCCC/N=C/C(C)=C\C(C)=C/C. The molecule has 0 aliphatic heterocycles. The van der Waals surface area contributed by atoms with Gasteiger partial charge in [0.05, 0.1) is 0 Å². The number of pyridine rings is 1. The Bertz CT molecular complexity index is 2260.